The number of benzene rings is 2. The number of halogens is 7. The topological polar surface area (TPSA) is 109 Å². The van der Waals surface area contributed by atoms with Crippen LogP contribution in [0.1, 0.15) is 46.0 Å². The molecule has 1 aromatic heterocycles. The van der Waals surface area contributed by atoms with E-state index < -0.39 is 46.0 Å². The molecule has 1 aliphatic carbocycles. The standard InChI is InChI=1S/C33H34Cl2F5N3O7S/c1-51(45,46)43(9-8-42-10-12-47-13-11-42)22-5-6-25(33(38,39)40)23(15-22)31(44)49-29(16-24-26(34)17-41-18-27(24)35)21-4-7-28(50-32(36)37)30(14-21)48-19-20-2-3-20/h4-7,14-15,17-18,20,29,32H,2-3,8-13,16,19H2,1H3/p+1/t29-/m0/s1. The summed E-state index contributed by atoms with van der Waals surface area (Å²) >= 11 is 12.8. The Kier molecular flexibility index (Phi) is 12.5. The third kappa shape index (κ3) is 10.6. The fourth-order valence-electron chi connectivity index (χ4n) is 5.45. The first kappa shape index (κ1) is 38.8. The van der Waals surface area contributed by atoms with Crippen molar-refractivity contribution in [3.63, 3.8) is 0 Å². The molecule has 1 saturated heterocycles. The number of nitrogens with zero attached hydrogens (tertiary/aromatic N) is 2. The molecular formula is C33H35Cl2F5N3O7S+. The number of carbonyl (C=O) groups excluding carboxylic acids is 1. The maximum Gasteiger partial charge on any atom is 0.417 e. The predicted molar refractivity (Wildman–Crippen MR) is 177 cm³/mol. The van der Waals surface area contributed by atoms with Crippen molar-refractivity contribution < 1.29 is 59.1 Å². The molecule has 10 nitrogen and oxygen atoms in total. The molecule has 5 rings (SSSR count). The smallest absolute Gasteiger partial charge is 0.417 e. The van der Waals surface area contributed by atoms with E-state index in [-0.39, 0.29) is 70.4 Å². The lowest BCUT2D eigenvalue weighted by Crippen LogP contribution is -2.43. The number of aromatic nitrogens is 1. The minimum Gasteiger partial charge on any atom is -0.489 e. The first-order chi connectivity index (χ1) is 24.1. The summed E-state index contributed by atoms with van der Waals surface area (Å²) in [5.41, 5.74) is -2.10. The molecule has 0 spiro atoms. The van der Waals surface area contributed by atoms with E-state index in [2.05, 4.69) is 9.72 Å². The highest BCUT2D eigenvalue weighted by atomic mass is 35.5. The van der Waals surface area contributed by atoms with Crippen LogP contribution in [0.25, 0.3) is 0 Å². The van der Waals surface area contributed by atoms with Crippen molar-refractivity contribution in [3.05, 3.63) is 81.1 Å². The summed E-state index contributed by atoms with van der Waals surface area (Å²) in [6.07, 6.45) is -1.21. The summed E-state index contributed by atoms with van der Waals surface area (Å²) in [6.45, 7) is -0.859. The van der Waals surface area contributed by atoms with Gasteiger partial charge in [0.25, 0.3) is 0 Å². The second-order valence-electron chi connectivity index (χ2n) is 12.1. The number of aromatic amines is 1. The largest absolute Gasteiger partial charge is 0.489 e. The molecule has 0 amide bonds. The number of hydrogen-bond acceptors (Lipinski definition) is 8. The lowest BCUT2D eigenvalue weighted by atomic mass is 10.0. The summed E-state index contributed by atoms with van der Waals surface area (Å²) in [6, 6.07) is 6.19. The molecule has 51 heavy (non-hydrogen) atoms. The van der Waals surface area contributed by atoms with E-state index >= 15 is 0 Å². The number of sulfonamides is 1. The Balaban J connectivity index is 1.53. The van der Waals surface area contributed by atoms with E-state index in [9.17, 15) is 35.2 Å². The maximum absolute atomic E-state index is 14.3. The van der Waals surface area contributed by atoms with Gasteiger partial charge in [-0.25, -0.2) is 18.2 Å². The average Bonchev–Trinajstić information content (AvgIpc) is 3.89. The molecule has 1 N–H and O–H groups in total. The van der Waals surface area contributed by atoms with Gasteiger partial charge in [0.15, 0.2) is 23.9 Å². The van der Waals surface area contributed by atoms with Crippen LogP contribution < -0.4 is 18.8 Å². The number of alkyl halides is 5. The summed E-state index contributed by atoms with van der Waals surface area (Å²) in [4.78, 5) is 18.5. The van der Waals surface area contributed by atoms with Crippen LogP contribution in [0.5, 0.6) is 11.5 Å². The molecule has 3 aromatic rings. The first-order valence-electron chi connectivity index (χ1n) is 15.9. The van der Waals surface area contributed by atoms with E-state index in [1.165, 1.54) is 30.6 Å². The van der Waals surface area contributed by atoms with Crippen LogP contribution in [-0.4, -0.2) is 78.2 Å². The van der Waals surface area contributed by atoms with Crippen molar-refractivity contribution in [3.8, 4) is 11.5 Å². The fraction of sp³-hybridized carbons (Fsp3) is 0.455. The van der Waals surface area contributed by atoms with Crippen LogP contribution >= 0.6 is 23.2 Å². The van der Waals surface area contributed by atoms with Crippen molar-refractivity contribution in [1.82, 2.24) is 4.90 Å². The van der Waals surface area contributed by atoms with Crippen LogP contribution in [0.3, 0.4) is 0 Å². The highest BCUT2D eigenvalue weighted by Crippen LogP contribution is 2.40. The van der Waals surface area contributed by atoms with Crippen LogP contribution in [0, 0.1) is 5.92 Å². The molecule has 0 radical (unpaired) electrons. The van der Waals surface area contributed by atoms with Crippen molar-refractivity contribution in [2.24, 2.45) is 5.92 Å². The highest BCUT2D eigenvalue weighted by molar-refractivity contribution is 7.92. The number of morpholine rings is 1. The quantitative estimate of drug-likeness (QED) is 0.128. The van der Waals surface area contributed by atoms with Gasteiger partial charge in [0.05, 0.1) is 42.9 Å². The first-order valence-corrected chi connectivity index (χ1v) is 18.5. The molecule has 18 heteroatoms. The minimum atomic E-state index is -5.04. The number of esters is 1. The SMILES string of the molecule is CS(=O)(=O)N(CCN1CCOCC1)c1ccc(C(F)(F)F)c(C(=O)O[C@@H](Cc2c(Cl)c[nH+]cc2Cl)c2ccc(OC(F)F)c(OCC3CC3)c2)c1. The van der Waals surface area contributed by atoms with Crippen LogP contribution in [0.15, 0.2) is 48.8 Å². The Morgan fingerprint density at radius 2 is 1.75 bits per heavy atom. The number of anilines is 1. The van der Waals surface area contributed by atoms with Gasteiger partial charge in [0.2, 0.25) is 10.0 Å². The molecular weight excluding hydrogens is 748 g/mol. The zero-order valence-electron chi connectivity index (χ0n) is 27.2. The van der Waals surface area contributed by atoms with E-state index in [1.54, 1.807) is 0 Å². The molecule has 2 aliphatic rings. The second-order valence-corrected chi connectivity index (χ2v) is 14.8. The number of pyridine rings is 1. The van der Waals surface area contributed by atoms with Crippen molar-refractivity contribution in [2.45, 2.75) is 38.2 Å². The molecule has 0 unspecified atom stereocenters. The molecule has 1 atom stereocenters. The molecule has 1 saturated carbocycles. The zero-order chi connectivity index (χ0) is 36.9. The van der Waals surface area contributed by atoms with Crippen LogP contribution in [0.4, 0.5) is 27.6 Å². The minimum absolute atomic E-state index is 0.0959. The third-order valence-electron chi connectivity index (χ3n) is 8.30. The summed E-state index contributed by atoms with van der Waals surface area (Å²) in [7, 11) is -4.02. The van der Waals surface area contributed by atoms with Gasteiger partial charge in [-0.2, -0.15) is 22.0 Å². The Morgan fingerprint density at radius 1 is 1.06 bits per heavy atom. The number of hydrogen-bond donors (Lipinski definition) is 0. The van der Waals surface area contributed by atoms with Gasteiger partial charge in [0, 0.05) is 38.2 Å². The molecule has 2 heterocycles. The third-order valence-corrected chi connectivity index (χ3v) is 10.2. The molecule has 278 valence electrons. The van der Waals surface area contributed by atoms with Gasteiger partial charge in [-0.05, 0) is 54.7 Å². The van der Waals surface area contributed by atoms with Gasteiger partial charge in [-0.3, -0.25) is 9.21 Å². The molecule has 1 aliphatic heterocycles. The Morgan fingerprint density at radius 3 is 2.35 bits per heavy atom. The van der Waals surface area contributed by atoms with E-state index in [0.29, 0.717) is 32.4 Å². The Bertz CT molecular complexity index is 1790. The second kappa shape index (κ2) is 16.5. The number of ether oxygens (including phenoxy) is 4. The predicted octanol–water partition coefficient (Wildman–Crippen LogP) is 6.46. The number of nitrogens with one attached hydrogen (secondary N) is 1. The monoisotopic (exact) mass is 782 g/mol. The van der Waals surface area contributed by atoms with E-state index in [4.69, 9.17) is 37.4 Å². The normalized spacial score (nSPS) is 16.2. The van der Waals surface area contributed by atoms with Gasteiger partial charge < -0.3 is 18.9 Å². The van der Waals surface area contributed by atoms with Crippen molar-refractivity contribution >= 4 is 44.9 Å². The fourth-order valence-corrected chi connectivity index (χ4v) is 6.89. The molecule has 0 bridgehead atoms. The summed E-state index contributed by atoms with van der Waals surface area (Å²) < 4.78 is 118. The summed E-state index contributed by atoms with van der Waals surface area (Å²) in [5.74, 6) is -1.62. The van der Waals surface area contributed by atoms with Gasteiger partial charge in [0.1, 0.15) is 16.1 Å². The lowest BCUT2D eigenvalue weighted by molar-refractivity contribution is -0.377. The number of rotatable bonds is 15. The van der Waals surface area contributed by atoms with Crippen LogP contribution in [-0.2, 0) is 32.1 Å². The Labute approximate surface area is 301 Å². The Hall–Kier alpha value is -3.44. The average molecular weight is 784 g/mol. The molecule has 2 aromatic carbocycles. The lowest BCUT2D eigenvalue weighted by Gasteiger charge is -2.30. The zero-order valence-corrected chi connectivity index (χ0v) is 29.6. The van der Waals surface area contributed by atoms with Crippen molar-refractivity contribution in [1.29, 1.82) is 0 Å². The number of H-pyrrole nitrogens is 1. The van der Waals surface area contributed by atoms with E-state index in [0.717, 1.165) is 35.5 Å². The summed E-state index contributed by atoms with van der Waals surface area (Å²) in [5, 5.41) is 0.238. The highest BCUT2D eigenvalue weighted by Gasteiger charge is 2.38. The van der Waals surface area contributed by atoms with Crippen LogP contribution in [0.2, 0.25) is 10.0 Å². The number of carbonyl (C=O) groups is 1. The van der Waals surface area contributed by atoms with Crippen molar-refractivity contribution in [2.75, 3.05) is 56.6 Å². The van der Waals surface area contributed by atoms with E-state index in [1.807, 2.05) is 4.90 Å². The van der Waals surface area contributed by atoms with Gasteiger partial charge in [-0.1, -0.05) is 29.3 Å². The van der Waals surface area contributed by atoms with Gasteiger partial charge >= 0.3 is 18.8 Å². The maximum atomic E-state index is 14.3. The van der Waals surface area contributed by atoms with Gasteiger partial charge in [-0.15, -0.1) is 0 Å². The molecule has 2 fully saturated rings.